The quantitative estimate of drug-likeness (QED) is 0.320. The van der Waals surface area contributed by atoms with Crippen molar-refractivity contribution in [1.82, 2.24) is 10.6 Å². The summed E-state index contributed by atoms with van der Waals surface area (Å²) in [5.41, 5.74) is 0.387. The second-order valence-corrected chi connectivity index (χ2v) is 6.08. The number of carbonyl (C=O) groups is 3. The molecule has 2 amide bonds. The molecule has 0 saturated heterocycles. The fourth-order valence-electron chi connectivity index (χ4n) is 2.44. The molecular formula is C22H26N2O7. The van der Waals surface area contributed by atoms with Gasteiger partial charge in [-0.3, -0.25) is 9.59 Å². The minimum absolute atomic E-state index is 0.167. The van der Waals surface area contributed by atoms with Gasteiger partial charge in [-0.1, -0.05) is 12.1 Å². The number of hydrogen-bond acceptors (Lipinski definition) is 7. The van der Waals surface area contributed by atoms with Crippen LogP contribution in [0.25, 0.3) is 0 Å². The summed E-state index contributed by atoms with van der Waals surface area (Å²) in [4.78, 5) is 35.3. The molecule has 0 radical (unpaired) electrons. The molecule has 2 rings (SSSR count). The monoisotopic (exact) mass is 430 g/mol. The minimum Gasteiger partial charge on any atom is -0.490 e. The molecule has 0 atom stereocenters. The van der Waals surface area contributed by atoms with Crippen molar-refractivity contribution < 1.29 is 33.3 Å². The summed E-state index contributed by atoms with van der Waals surface area (Å²) in [6, 6.07) is 13.1. The van der Waals surface area contributed by atoms with Gasteiger partial charge in [-0.2, -0.15) is 0 Å². The summed E-state index contributed by atoms with van der Waals surface area (Å²) < 4.78 is 20.5. The third-order valence-electron chi connectivity index (χ3n) is 3.82. The van der Waals surface area contributed by atoms with Gasteiger partial charge in [0.25, 0.3) is 11.8 Å². The van der Waals surface area contributed by atoms with Crippen LogP contribution in [0.2, 0.25) is 0 Å². The van der Waals surface area contributed by atoms with Crippen molar-refractivity contribution in [3.8, 4) is 17.2 Å². The lowest BCUT2D eigenvalue weighted by atomic mass is 10.2. The van der Waals surface area contributed by atoms with Crippen LogP contribution in [-0.2, 0) is 9.53 Å². The van der Waals surface area contributed by atoms with Gasteiger partial charge in [0.15, 0.2) is 18.1 Å². The Hall–Kier alpha value is -3.75. The van der Waals surface area contributed by atoms with Gasteiger partial charge < -0.3 is 29.6 Å². The van der Waals surface area contributed by atoms with Gasteiger partial charge >= 0.3 is 6.16 Å². The number of amides is 2. The van der Waals surface area contributed by atoms with E-state index in [1.165, 1.54) is 24.3 Å². The molecule has 0 aromatic heterocycles. The molecule has 2 aromatic carbocycles. The lowest BCUT2D eigenvalue weighted by Crippen LogP contribution is -2.36. The molecule has 166 valence electrons. The summed E-state index contributed by atoms with van der Waals surface area (Å²) in [7, 11) is 0. The van der Waals surface area contributed by atoms with Crippen LogP contribution in [0.4, 0.5) is 4.79 Å². The number of ether oxygens (including phenoxy) is 4. The highest BCUT2D eigenvalue weighted by Crippen LogP contribution is 2.26. The molecule has 2 aromatic rings. The van der Waals surface area contributed by atoms with E-state index in [0.29, 0.717) is 23.7 Å². The molecule has 2 N–H and O–H groups in total. The minimum atomic E-state index is -0.805. The first-order valence-corrected chi connectivity index (χ1v) is 9.87. The van der Waals surface area contributed by atoms with Crippen LogP contribution in [-0.4, -0.2) is 50.9 Å². The molecule has 0 spiro atoms. The van der Waals surface area contributed by atoms with E-state index in [1.54, 1.807) is 25.1 Å². The zero-order valence-corrected chi connectivity index (χ0v) is 17.5. The van der Waals surface area contributed by atoms with Crippen LogP contribution in [0.1, 0.15) is 24.2 Å². The summed E-state index contributed by atoms with van der Waals surface area (Å²) in [5, 5.41) is 5.35. The predicted octanol–water partition coefficient (Wildman–Crippen LogP) is 2.55. The fourth-order valence-corrected chi connectivity index (χ4v) is 2.44. The van der Waals surface area contributed by atoms with E-state index in [-0.39, 0.29) is 43.9 Å². The molecule has 0 saturated carbocycles. The Morgan fingerprint density at radius 2 is 1.45 bits per heavy atom. The van der Waals surface area contributed by atoms with Crippen molar-refractivity contribution in [1.29, 1.82) is 0 Å². The molecule has 0 aliphatic heterocycles. The Morgan fingerprint density at radius 3 is 2.10 bits per heavy atom. The smallest absolute Gasteiger partial charge is 0.490 e. The molecule has 0 aliphatic rings. The van der Waals surface area contributed by atoms with E-state index in [0.717, 1.165) is 0 Å². The maximum Gasteiger partial charge on any atom is 0.513 e. The van der Waals surface area contributed by atoms with Crippen molar-refractivity contribution in [3.05, 3.63) is 54.1 Å². The number of benzene rings is 2. The number of hydrogen-bond donors (Lipinski definition) is 2. The van der Waals surface area contributed by atoms with Crippen LogP contribution >= 0.6 is 0 Å². The standard InChI is InChI=1S/C22H26N2O7/c1-3-28-18-7-5-6-8-19(18)30-15-20(25)23-13-14-24-21(26)16-9-11-17(12-10-16)31-22(27)29-4-2/h5-12H,3-4,13-15H2,1-2H3,(H,23,25)(H,24,26). The lowest BCUT2D eigenvalue weighted by molar-refractivity contribution is -0.123. The predicted molar refractivity (Wildman–Crippen MR) is 113 cm³/mol. The van der Waals surface area contributed by atoms with E-state index < -0.39 is 6.16 Å². The molecule has 0 bridgehead atoms. The van der Waals surface area contributed by atoms with Gasteiger partial charge in [0, 0.05) is 18.7 Å². The van der Waals surface area contributed by atoms with Crippen molar-refractivity contribution in [2.45, 2.75) is 13.8 Å². The molecule has 0 aliphatic carbocycles. The Balaban J connectivity index is 1.68. The summed E-state index contributed by atoms with van der Waals surface area (Å²) in [6.45, 7) is 4.55. The van der Waals surface area contributed by atoms with Gasteiger partial charge in [-0.15, -0.1) is 0 Å². The molecule has 9 nitrogen and oxygen atoms in total. The highest BCUT2D eigenvalue weighted by Gasteiger charge is 2.09. The zero-order valence-electron chi connectivity index (χ0n) is 17.5. The van der Waals surface area contributed by atoms with Crippen molar-refractivity contribution in [3.63, 3.8) is 0 Å². The maximum absolute atomic E-state index is 12.1. The first-order valence-electron chi connectivity index (χ1n) is 9.87. The Labute approximate surface area is 180 Å². The highest BCUT2D eigenvalue weighted by molar-refractivity contribution is 5.94. The Bertz CT molecular complexity index is 868. The fraction of sp³-hybridized carbons (Fsp3) is 0.318. The van der Waals surface area contributed by atoms with Crippen molar-refractivity contribution in [2.75, 3.05) is 32.9 Å². The molecule has 0 unspecified atom stereocenters. The summed E-state index contributed by atoms with van der Waals surface area (Å²) >= 11 is 0. The highest BCUT2D eigenvalue weighted by atomic mass is 16.7. The first kappa shape index (κ1) is 23.5. The summed E-state index contributed by atoms with van der Waals surface area (Å²) in [6.07, 6.45) is -0.805. The van der Waals surface area contributed by atoms with E-state index in [1.807, 2.05) is 13.0 Å². The van der Waals surface area contributed by atoms with Crippen molar-refractivity contribution in [2.24, 2.45) is 0 Å². The van der Waals surface area contributed by atoms with Gasteiger partial charge in [0.1, 0.15) is 5.75 Å². The number of nitrogens with one attached hydrogen (secondary N) is 2. The number of rotatable bonds is 11. The van der Waals surface area contributed by atoms with Gasteiger partial charge in [-0.25, -0.2) is 4.79 Å². The van der Waals surface area contributed by atoms with Crippen LogP contribution in [0.5, 0.6) is 17.2 Å². The average Bonchev–Trinajstić information content (AvgIpc) is 2.77. The second kappa shape index (κ2) is 12.7. The second-order valence-electron chi connectivity index (χ2n) is 6.08. The normalized spacial score (nSPS) is 10.0. The van der Waals surface area contributed by atoms with Gasteiger partial charge in [0.05, 0.1) is 13.2 Å². The lowest BCUT2D eigenvalue weighted by Gasteiger charge is -2.12. The van der Waals surface area contributed by atoms with E-state index in [4.69, 9.17) is 14.2 Å². The SMILES string of the molecule is CCOC(=O)Oc1ccc(C(=O)NCCNC(=O)COc2ccccc2OCC)cc1. The molecule has 0 fully saturated rings. The first-order chi connectivity index (χ1) is 15.0. The van der Waals surface area contributed by atoms with Gasteiger partial charge in [-0.05, 0) is 50.2 Å². The third kappa shape index (κ3) is 8.25. The molecule has 9 heteroatoms. The Morgan fingerprint density at radius 1 is 0.806 bits per heavy atom. The van der Waals surface area contributed by atoms with Crippen LogP contribution in [0, 0.1) is 0 Å². The topological polar surface area (TPSA) is 112 Å². The van der Waals surface area contributed by atoms with Gasteiger partial charge in [0.2, 0.25) is 0 Å². The molecule has 31 heavy (non-hydrogen) atoms. The van der Waals surface area contributed by atoms with Crippen molar-refractivity contribution >= 4 is 18.0 Å². The van der Waals surface area contributed by atoms with Crippen LogP contribution in [0.15, 0.2) is 48.5 Å². The zero-order chi connectivity index (χ0) is 22.5. The van der Waals surface area contributed by atoms with Crippen LogP contribution < -0.4 is 24.8 Å². The van der Waals surface area contributed by atoms with E-state index in [9.17, 15) is 14.4 Å². The third-order valence-corrected chi connectivity index (χ3v) is 3.82. The summed E-state index contributed by atoms with van der Waals surface area (Å²) in [5.74, 6) is 0.694. The Kier molecular flexibility index (Phi) is 9.67. The van der Waals surface area contributed by atoms with E-state index >= 15 is 0 Å². The van der Waals surface area contributed by atoms with E-state index in [2.05, 4.69) is 15.4 Å². The molecule has 0 heterocycles. The maximum atomic E-state index is 12.1. The average molecular weight is 430 g/mol. The van der Waals surface area contributed by atoms with Crippen LogP contribution in [0.3, 0.4) is 0 Å². The number of carbonyl (C=O) groups excluding carboxylic acids is 3. The molecular weight excluding hydrogens is 404 g/mol. The number of para-hydroxylation sites is 2. The largest absolute Gasteiger partial charge is 0.513 e.